The molecule has 7 nitrogen and oxygen atoms in total. The summed E-state index contributed by atoms with van der Waals surface area (Å²) < 4.78 is 44.0. The van der Waals surface area contributed by atoms with Crippen molar-refractivity contribution in [2.75, 3.05) is 26.2 Å². The number of benzene rings is 2. The van der Waals surface area contributed by atoms with Crippen LogP contribution in [0.5, 0.6) is 0 Å². The van der Waals surface area contributed by atoms with Gasteiger partial charge in [-0.2, -0.15) is 18.2 Å². The fourth-order valence-corrected chi connectivity index (χ4v) is 3.54. The number of rotatable bonds is 5. The summed E-state index contributed by atoms with van der Waals surface area (Å²) in [6.45, 7) is 3.92. The summed E-state index contributed by atoms with van der Waals surface area (Å²) in [6.07, 6.45) is -4.46. The molecular weight excluding hydrogens is 437 g/mol. The Hall–Kier alpha value is -3.53. The van der Waals surface area contributed by atoms with E-state index in [9.17, 15) is 22.8 Å². The highest BCUT2D eigenvalue weighted by Gasteiger charge is 2.31. The topological polar surface area (TPSA) is 79.5 Å². The lowest BCUT2D eigenvalue weighted by Crippen LogP contribution is -2.50. The summed E-state index contributed by atoms with van der Waals surface area (Å²) in [7, 11) is 0. The van der Waals surface area contributed by atoms with E-state index in [4.69, 9.17) is 4.52 Å². The summed E-state index contributed by atoms with van der Waals surface area (Å²) in [5.41, 5.74) is 0.794. The van der Waals surface area contributed by atoms with Crippen molar-refractivity contribution >= 4 is 11.7 Å². The molecule has 0 unspecified atom stereocenters. The van der Waals surface area contributed by atoms with Crippen molar-refractivity contribution in [3.05, 3.63) is 71.1 Å². The van der Waals surface area contributed by atoms with Gasteiger partial charge in [0.2, 0.25) is 17.5 Å². The number of piperazine rings is 1. The maximum Gasteiger partial charge on any atom is 0.416 e. The molecule has 0 saturated carbocycles. The average molecular weight is 458 g/mol. The van der Waals surface area contributed by atoms with Crippen LogP contribution in [0.3, 0.4) is 0 Å². The van der Waals surface area contributed by atoms with Crippen LogP contribution in [0, 0.1) is 6.92 Å². The predicted octanol–water partition coefficient (Wildman–Crippen LogP) is 3.59. The number of nitrogens with zero attached hydrogens (tertiary/aromatic N) is 4. The third-order valence-electron chi connectivity index (χ3n) is 5.44. The molecule has 1 aliphatic rings. The smallest absolute Gasteiger partial charge is 0.338 e. The van der Waals surface area contributed by atoms with Crippen molar-refractivity contribution < 1.29 is 27.3 Å². The number of alkyl halides is 3. The molecule has 10 heteroatoms. The normalized spacial score (nSPS) is 15.0. The zero-order valence-electron chi connectivity index (χ0n) is 17.8. The van der Waals surface area contributed by atoms with E-state index in [-0.39, 0.29) is 17.3 Å². The molecule has 1 saturated heterocycles. The molecule has 1 fully saturated rings. The first-order chi connectivity index (χ1) is 15.7. The Labute approximate surface area is 187 Å². The minimum Gasteiger partial charge on any atom is -0.338 e. The molecule has 0 spiro atoms. The molecular formula is C23H21F3N4O3. The molecule has 2 aromatic carbocycles. The average Bonchev–Trinajstić information content (AvgIpc) is 3.27. The Morgan fingerprint density at radius 1 is 1.03 bits per heavy atom. The van der Waals surface area contributed by atoms with Gasteiger partial charge in [-0.1, -0.05) is 47.1 Å². The van der Waals surface area contributed by atoms with E-state index < -0.39 is 23.4 Å². The molecule has 4 rings (SSSR count). The Morgan fingerprint density at radius 3 is 2.39 bits per heavy atom. The monoisotopic (exact) mass is 458 g/mol. The van der Waals surface area contributed by atoms with Crippen molar-refractivity contribution in [1.82, 2.24) is 19.9 Å². The van der Waals surface area contributed by atoms with Gasteiger partial charge in [0, 0.05) is 37.3 Å². The molecule has 1 amide bonds. The summed E-state index contributed by atoms with van der Waals surface area (Å²) >= 11 is 0. The van der Waals surface area contributed by atoms with Gasteiger partial charge < -0.3 is 9.42 Å². The zero-order valence-corrected chi connectivity index (χ0v) is 17.8. The van der Waals surface area contributed by atoms with Crippen LogP contribution in [0.25, 0.3) is 11.4 Å². The lowest BCUT2D eigenvalue weighted by Gasteiger charge is -2.33. The van der Waals surface area contributed by atoms with Gasteiger partial charge in [0.25, 0.3) is 5.91 Å². The van der Waals surface area contributed by atoms with E-state index in [1.54, 1.807) is 24.3 Å². The molecule has 0 atom stereocenters. The summed E-state index contributed by atoms with van der Waals surface area (Å²) in [6, 6.07) is 11.6. The fraction of sp³-hybridized carbons (Fsp3) is 0.304. The van der Waals surface area contributed by atoms with Crippen LogP contribution in [0.4, 0.5) is 13.2 Å². The van der Waals surface area contributed by atoms with Crippen LogP contribution >= 0.6 is 0 Å². The number of halogens is 3. The van der Waals surface area contributed by atoms with Gasteiger partial charge in [-0.15, -0.1) is 0 Å². The van der Waals surface area contributed by atoms with Crippen LogP contribution in [0.15, 0.2) is 53.1 Å². The van der Waals surface area contributed by atoms with Gasteiger partial charge >= 0.3 is 6.18 Å². The third kappa shape index (κ3) is 5.28. The van der Waals surface area contributed by atoms with E-state index in [1.165, 1.54) is 17.0 Å². The Bertz CT molecular complexity index is 1150. The maximum atomic E-state index is 12.9. The quantitative estimate of drug-likeness (QED) is 0.430. The minimum atomic E-state index is -4.46. The SMILES string of the molecule is Cc1ccc(C(=O)C(=O)N2CCN(Cc3nc(-c4cccc(C(F)(F)F)c4)no3)CC2)cc1. The number of amides is 1. The highest BCUT2D eigenvalue weighted by atomic mass is 19.4. The van der Waals surface area contributed by atoms with Gasteiger partial charge in [0.15, 0.2) is 0 Å². The van der Waals surface area contributed by atoms with Crippen LogP contribution in [0.2, 0.25) is 0 Å². The van der Waals surface area contributed by atoms with Gasteiger partial charge in [-0.25, -0.2) is 0 Å². The second-order valence-corrected chi connectivity index (χ2v) is 7.85. The first kappa shape index (κ1) is 22.7. The third-order valence-corrected chi connectivity index (χ3v) is 5.44. The van der Waals surface area contributed by atoms with Crippen molar-refractivity contribution in [2.24, 2.45) is 0 Å². The van der Waals surface area contributed by atoms with Crippen molar-refractivity contribution in [3.8, 4) is 11.4 Å². The zero-order chi connectivity index (χ0) is 23.6. The first-order valence-corrected chi connectivity index (χ1v) is 10.3. The summed E-state index contributed by atoms with van der Waals surface area (Å²) in [4.78, 5) is 32.7. The molecule has 0 aliphatic carbocycles. The van der Waals surface area contributed by atoms with Crippen LogP contribution in [-0.2, 0) is 17.5 Å². The van der Waals surface area contributed by atoms with Crippen molar-refractivity contribution in [3.63, 3.8) is 0 Å². The number of hydrogen-bond acceptors (Lipinski definition) is 6. The first-order valence-electron chi connectivity index (χ1n) is 10.3. The van der Waals surface area contributed by atoms with Crippen molar-refractivity contribution in [2.45, 2.75) is 19.6 Å². The van der Waals surface area contributed by atoms with Gasteiger partial charge in [-0.3, -0.25) is 14.5 Å². The second-order valence-electron chi connectivity index (χ2n) is 7.85. The highest BCUT2D eigenvalue weighted by molar-refractivity contribution is 6.42. The minimum absolute atomic E-state index is 0.0774. The molecule has 3 aromatic rings. The molecule has 172 valence electrons. The molecule has 2 heterocycles. The number of carbonyl (C=O) groups excluding carboxylic acids is 2. The van der Waals surface area contributed by atoms with Gasteiger partial charge in [-0.05, 0) is 19.1 Å². The van der Waals surface area contributed by atoms with E-state index in [1.807, 2.05) is 11.8 Å². The summed E-state index contributed by atoms with van der Waals surface area (Å²) in [5, 5.41) is 3.79. The number of aromatic nitrogens is 2. The Balaban J connectivity index is 1.33. The van der Waals surface area contributed by atoms with E-state index in [0.29, 0.717) is 38.3 Å². The molecule has 33 heavy (non-hydrogen) atoms. The lowest BCUT2D eigenvalue weighted by atomic mass is 10.1. The molecule has 1 aliphatic heterocycles. The van der Waals surface area contributed by atoms with E-state index in [0.717, 1.165) is 17.7 Å². The highest BCUT2D eigenvalue weighted by Crippen LogP contribution is 2.31. The number of Topliss-reactive ketones (excluding diaryl/α,β-unsaturated/α-hetero) is 1. The fourth-order valence-electron chi connectivity index (χ4n) is 3.54. The maximum absolute atomic E-state index is 12.9. The Morgan fingerprint density at radius 2 is 1.73 bits per heavy atom. The Kier molecular flexibility index (Phi) is 6.28. The van der Waals surface area contributed by atoms with E-state index in [2.05, 4.69) is 10.1 Å². The number of hydrogen-bond donors (Lipinski definition) is 0. The lowest BCUT2D eigenvalue weighted by molar-refractivity contribution is -0.137. The van der Waals surface area contributed by atoms with Crippen LogP contribution < -0.4 is 0 Å². The van der Waals surface area contributed by atoms with Crippen molar-refractivity contribution in [1.29, 1.82) is 0 Å². The summed E-state index contributed by atoms with van der Waals surface area (Å²) in [5.74, 6) is -0.735. The predicted molar refractivity (Wildman–Crippen MR) is 112 cm³/mol. The number of ketones is 1. The molecule has 0 bridgehead atoms. The van der Waals surface area contributed by atoms with E-state index >= 15 is 0 Å². The largest absolute Gasteiger partial charge is 0.416 e. The number of carbonyl (C=O) groups is 2. The molecule has 1 aromatic heterocycles. The van der Waals surface area contributed by atoms with Gasteiger partial charge in [0.1, 0.15) is 0 Å². The van der Waals surface area contributed by atoms with Crippen LogP contribution in [-0.4, -0.2) is 57.8 Å². The molecule has 0 N–H and O–H groups in total. The van der Waals surface area contributed by atoms with Crippen LogP contribution in [0.1, 0.15) is 27.4 Å². The molecule has 0 radical (unpaired) electrons. The number of aryl methyl sites for hydroxylation is 1. The standard InChI is InChI=1S/C23H21F3N4O3/c1-15-5-7-16(8-6-15)20(31)22(32)30-11-9-29(10-12-30)14-19-27-21(28-33-19)17-3-2-4-18(13-17)23(24,25)26/h2-8,13H,9-12,14H2,1H3. The van der Waals surface area contributed by atoms with Gasteiger partial charge in [0.05, 0.1) is 12.1 Å². The second kappa shape index (κ2) is 9.14.